The predicted molar refractivity (Wildman–Crippen MR) is 97.3 cm³/mol. The summed E-state index contributed by atoms with van der Waals surface area (Å²) in [5.41, 5.74) is -0.375. The maximum atomic E-state index is 13.0. The van der Waals surface area contributed by atoms with Gasteiger partial charge in [0.15, 0.2) is 11.5 Å². The number of hydrogen-bond acceptors (Lipinski definition) is 5. The second-order valence-electron chi connectivity index (χ2n) is 6.84. The summed E-state index contributed by atoms with van der Waals surface area (Å²) in [6.45, 7) is 8.51. The van der Waals surface area contributed by atoms with E-state index in [0.717, 1.165) is 6.42 Å². The van der Waals surface area contributed by atoms with Crippen LogP contribution in [0.4, 0.5) is 0 Å². The van der Waals surface area contributed by atoms with Crippen molar-refractivity contribution in [1.82, 2.24) is 10.2 Å². The minimum atomic E-state index is -0.803. The molecule has 1 unspecified atom stereocenters. The van der Waals surface area contributed by atoms with E-state index in [-0.39, 0.29) is 24.5 Å². The van der Waals surface area contributed by atoms with Crippen molar-refractivity contribution < 1.29 is 19.1 Å². The monoisotopic (exact) mass is 359 g/mol. The maximum absolute atomic E-state index is 13.0. The van der Waals surface area contributed by atoms with Gasteiger partial charge in [-0.3, -0.25) is 19.8 Å². The molecule has 2 aliphatic heterocycles. The molecule has 3 rings (SSSR count). The Morgan fingerprint density at radius 2 is 2.04 bits per heavy atom. The quantitative estimate of drug-likeness (QED) is 0.876. The van der Waals surface area contributed by atoms with Crippen LogP contribution in [0.25, 0.3) is 0 Å². The van der Waals surface area contributed by atoms with E-state index in [1.807, 2.05) is 27.7 Å². The molecular formula is C19H25N3O4. The fourth-order valence-electron chi connectivity index (χ4n) is 3.44. The average Bonchev–Trinajstić information content (AvgIpc) is 3.18. The summed E-state index contributed by atoms with van der Waals surface area (Å²) in [5, 5.41) is 2.81. The van der Waals surface area contributed by atoms with Crippen LogP contribution in [0.3, 0.4) is 0 Å². The zero-order valence-electron chi connectivity index (χ0n) is 15.7. The molecule has 0 fully saturated rings. The van der Waals surface area contributed by atoms with Gasteiger partial charge >= 0.3 is 0 Å². The fourth-order valence-corrected chi connectivity index (χ4v) is 3.44. The van der Waals surface area contributed by atoms with E-state index in [0.29, 0.717) is 36.0 Å². The number of nitrogens with zero attached hydrogens (tertiary/aromatic N) is 2. The van der Waals surface area contributed by atoms with Crippen LogP contribution >= 0.6 is 0 Å². The lowest BCUT2D eigenvalue weighted by atomic mass is 9.82. The lowest BCUT2D eigenvalue weighted by Crippen LogP contribution is -2.48. The number of nitrogens with one attached hydrogen (secondary N) is 1. The summed E-state index contributed by atoms with van der Waals surface area (Å²) in [6, 6.07) is 5.00. The molecule has 26 heavy (non-hydrogen) atoms. The van der Waals surface area contributed by atoms with Crippen molar-refractivity contribution in [3.05, 3.63) is 23.8 Å². The summed E-state index contributed by atoms with van der Waals surface area (Å²) in [7, 11) is 0. The van der Waals surface area contributed by atoms with Gasteiger partial charge in [0, 0.05) is 12.1 Å². The molecular weight excluding hydrogens is 334 g/mol. The first-order valence-electron chi connectivity index (χ1n) is 9.05. The van der Waals surface area contributed by atoms with E-state index in [9.17, 15) is 9.59 Å². The van der Waals surface area contributed by atoms with Crippen LogP contribution in [0.5, 0.6) is 11.5 Å². The van der Waals surface area contributed by atoms with Gasteiger partial charge in [0.1, 0.15) is 5.54 Å². The van der Waals surface area contributed by atoms with Crippen LogP contribution in [0.2, 0.25) is 0 Å². The molecule has 0 saturated heterocycles. The topological polar surface area (TPSA) is 80.2 Å². The van der Waals surface area contributed by atoms with Gasteiger partial charge in [-0.25, -0.2) is 4.99 Å². The van der Waals surface area contributed by atoms with Crippen LogP contribution in [-0.4, -0.2) is 41.6 Å². The van der Waals surface area contributed by atoms with Gasteiger partial charge in [0.2, 0.25) is 12.8 Å². The molecule has 2 aliphatic rings. The van der Waals surface area contributed by atoms with Gasteiger partial charge in [-0.1, -0.05) is 27.2 Å². The Bertz CT molecular complexity index is 759. The largest absolute Gasteiger partial charge is 0.454 e. The van der Waals surface area contributed by atoms with Gasteiger partial charge in [-0.15, -0.1) is 0 Å². The average molecular weight is 359 g/mol. The zero-order chi connectivity index (χ0) is 18.9. The first kappa shape index (κ1) is 18.2. The molecule has 0 saturated carbocycles. The van der Waals surface area contributed by atoms with Gasteiger partial charge in [0.25, 0.3) is 11.8 Å². The lowest BCUT2D eigenvalue weighted by molar-refractivity contribution is -0.132. The minimum Gasteiger partial charge on any atom is -0.454 e. The van der Waals surface area contributed by atoms with Crippen molar-refractivity contribution in [2.24, 2.45) is 10.9 Å². The third-order valence-electron chi connectivity index (χ3n) is 4.94. The molecule has 1 aromatic carbocycles. The number of likely N-dealkylation sites (N-methyl/N-ethyl adjacent to an activating group) is 1. The number of carbonyl (C=O) groups is 2. The Morgan fingerprint density at radius 1 is 1.31 bits per heavy atom. The van der Waals surface area contributed by atoms with Crippen molar-refractivity contribution in [2.75, 3.05) is 13.3 Å². The van der Waals surface area contributed by atoms with E-state index in [4.69, 9.17) is 9.47 Å². The zero-order valence-corrected chi connectivity index (χ0v) is 15.7. The van der Waals surface area contributed by atoms with E-state index in [1.54, 1.807) is 23.1 Å². The van der Waals surface area contributed by atoms with Crippen LogP contribution in [-0.2, 0) is 4.79 Å². The molecule has 1 aromatic rings. The van der Waals surface area contributed by atoms with Gasteiger partial charge < -0.3 is 9.47 Å². The summed E-state index contributed by atoms with van der Waals surface area (Å²) >= 11 is 0. The molecule has 0 bridgehead atoms. The molecule has 0 spiro atoms. The van der Waals surface area contributed by atoms with Crippen molar-refractivity contribution in [2.45, 2.75) is 46.1 Å². The van der Waals surface area contributed by atoms with Crippen molar-refractivity contribution in [1.29, 1.82) is 0 Å². The number of hydrogen-bond donors (Lipinski definition) is 1. The number of fused-ring (bicyclic) bond motifs is 1. The standard InChI is InChI=1S/C19H25N3O4/c1-5-9-19(12(3)4)17(24)22(6-2)18(21-19)20-16(23)13-7-8-14-15(10-13)26-11-25-14/h7-8,10,12H,5-6,9,11H2,1-4H3,(H,20,21,23). The molecule has 0 radical (unpaired) electrons. The SMILES string of the molecule is CCCC1(C(C)C)N=C(NC(=O)c2ccc3c(c2)OCO3)N(CC)C1=O. The first-order chi connectivity index (χ1) is 12.4. The summed E-state index contributed by atoms with van der Waals surface area (Å²) < 4.78 is 10.6. The number of benzene rings is 1. The number of aliphatic imine (C=N–C) groups is 1. The number of rotatable bonds is 5. The third kappa shape index (κ3) is 2.91. The number of ether oxygens (including phenoxy) is 2. The molecule has 0 aromatic heterocycles. The summed E-state index contributed by atoms with van der Waals surface area (Å²) in [4.78, 5) is 31.9. The number of carbonyl (C=O) groups excluding carboxylic acids is 2. The van der Waals surface area contributed by atoms with Crippen LogP contribution in [0.15, 0.2) is 23.2 Å². The number of amides is 2. The molecule has 0 aliphatic carbocycles. The highest BCUT2D eigenvalue weighted by Crippen LogP contribution is 2.35. The Hall–Kier alpha value is -2.57. The van der Waals surface area contributed by atoms with Crippen LogP contribution in [0, 0.1) is 5.92 Å². The molecule has 1 N–H and O–H groups in total. The van der Waals surface area contributed by atoms with Crippen LogP contribution in [0.1, 0.15) is 50.9 Å². The highest BCUT2D eigenvalue weighted by atomic mass is 16.7. The van der Waals surface area contributed by atoms with Crippen molar-refractivity contribution >= 4 is 17.8 Å². The Labute approximate surface area is 153 Å². The first-order valence-corrected chi connectivity index (χ1v) is 9.05. The predicted octanol–water partition coefficient (Wildman–Crippen LogP) is 2.56. The van der Waals surface area contributed by atoms with Gasteiger partial charge in [-0.2, -0.15) is 0 Å². The van der Waals surface area contributed by atoms with Gasteiger partial charge in [-0.05, 0) is 37.5 Å². The maximum Gasteiger partial charge on any atom is 0.258 e. The Kier molecular flexibility index (Phi) is 4.89. The second-order valence-corrected chi connectivity index (χ2v) is 6.84. The highest BCUT2D eigenvalue weighted by Gasteiger charge is 2.49. The van der Waals surface area contributed by atoms with E-state index < -0.39 is 5.54 Å². The summed E-state index contributed by atoms with van der Waals surface area (Å²) in [5.74, 6) is 1.15. The van der Waals surface area contributed by atoms with Gasteiger partial charge in [0.05, 0.1) is 0 Å². The molecule has 1 atom stereocenters. The molecule has 7 heteroatoms. The smallest absolute Gasteiger partial charge is 0.258 e. The Morgan fingerprint density at radius 3 is 2.69 bits per heavy atom. The van der Waals surface area contributed by atoms with Crippen molar-refractivity contribution in [3.63, 3.8) is 0 Å². The fraction of sp³-hybridized carbons (Fsp3) is 0.526. The second kappa shape index (κ2) is 6.97. The normalized spacial score (nSPS) is 21.3. The van der Waals surface area contributed by atoms with Crippen molar-refractivity contribution in [3.8, 4) is 11.5 Å². The van der Waals surface area contributed by atoms with E-state index in [1.165, 1.54) is 0 Å². The molecule has 2 amide bonds. The Balaban J connectivity index is 1.87. The molecule has 140 valence electrons. The van der Waals surface area contributed by atoms with E-state index >= 15 is 0 Å². The lowest BCUT2D eigenvalue weighted by Gasteiger charge is -2.28. The van der Waals surface area contributed by atoms with E-state index in [2.05, 4.69) is 10.3 Å². The number of guanidine groups is 1. The third-order valence-corrected chi connectivity index (χ3v) is 4.94. The highest BCUT2D eigenvalue weighted by molar-refractivity contribution is 6.14. The van der Waals surface area contributed by atoms with Crippen LogP contribution < -0.4 is 14.8 Å². The molecule has 7 nitrogen and oxygen atoms in total. The minimum absolute atomic E-state index is 0.0437. The summed E-state index contributed by atoms with van der Waals surface area (Å²) in [6.07, 6.45) is 1.50. The molecule has 2 heterocycles.